The van der Waals surface area contributed by atoms with Crippen molar-refractivity contribution in [2.45, 2.75) is 6.54 Å². The molecular weight excluding hydrogens is 342 g/mol. The van der Waals surface area contributed by atoms with E-state index in [1.807, 2.05) is 24.3 Å². The second-order valence-electron chi connectivity index (χ2n) is 5.78. The SMILES string of the molecule is NC(=O)Nc1cccc(NC(=O)c2ccccc2NCc2ccncc2)c1. The van der Waals surface area contributed by atoms with Crippen molar-refractivity contribution in [3.8, 4) is 0 Å². The molecule has 27 heavy (non-hydrogen) atoms. The monoisotopic (exact) mass is 361 g/mol. The van der Waals surface area contributed by atoms with E-state index in [1.165, 1.54) is 0 Å². The van der Waals surface area contributed by atoms with Crippen LogP contribution in [0.3, 0.4) is 0 Å². The number of urea groups is 1. The third-order valence-electron chi connectivity index (χ3n) is 3.79. The summed E-state index contributed by atoms with van der Waals surface area (Å²) in [6, 6.07) is 17.2. The van der Waals surface area contributed by atoms with Gasteiger partial charge in [-0.15, -0.1) is 0 Å². The number of carbonyl (C=O) groups excluding carboxylic acids is 2. The smallest absolute Gasteiger partial charge is 0.316 e. The zero-order valence-corrected chi connectivity index (χ0v) is 14.5. The third kappa shape index (κ3) is 5.05. The maximum atomic E-state index is 12.7. The Bertz CT molecular complexity index is 944. The molecule has 3 amide bonds. The van der Waals surface area contributed by atoms with Gasteiger partial charge in [0.05, 0.1) is 5.56 Å². The number of aromatic nitrogens is 1. The first-order chi connectivity index (χ1) is 13.1. The summed E-state index contributed by atoms with van der Waals surface area (Å²) in [7, 11) is 0. The van der Waals surface area contributed by atoms with Crippen molar-refractivity contribution in [3.05, 3.63) is 84.2 Å². The molecule has 2 aromatic carbocycles. The van der Waals surface area contributed by atoms with Crippen LogP contribution >= 0.6 is 0 Å². The number of benzene rings is 2. The first-order valence-corrected chi connectivity index (χ1v) is 8.31. The number of amides is 3. The van der Waals surface area contributed by atoms with Crippen LogP contribution in [0.4, 0.5) is 21.9 Å². The molecule has 0 aliphatic heterocycles. The molecule has 0 bridgehead atoms. The Balaban J connectivity index is 1.72. The van der Waals surface area contributed by atoms with Gasteiger partial charge in [-0.25, -0.2) is 4.79 Å². The molecule has 7 heteroatoms. The molecular formula is C20H19N5O2. The van der Waals surface area contributed by atoms with Crippen molar-refractivity contribution in [2.24, 2.45) is 5.73 Å². The number of hydrogen-bond acceptors (Lipinski definition) is 4. The lowest BCUT2D eigenvalue weighted by molar-refractivity contribution is 0.102. The van der Waals surface area contributed by atoms with Crippen molar-refractivity contribution in [2.75, 3.05) is 16.0 Å². The molecule has 1 aromatic heterocycles. The predicted octanol–water partition coefficient (Wildman–Crippen LogP) is 3.44. The summed E-state index contributed by atoms with van der Waals surface area (Å²) >= 11 is 0. The molecule has 7 nitrogen and oxygen atoms in total. The number of nitrogens with two attached hydrogens (primary N) is 1. The first-order valence-electron chi connectivity index (χ1n) is 8.31. The summed E-state index contributed by atoms with van der Waals surface area (Å²) in [6.07, 6.45) is 3.45. The molecule has 3 aromatic rings. The molecule has 0 unspecified atom stereocenters. The summed E-state index contributed by atoms with van der Waals surface area (Å²) < 4.78 is 0. The van der Waals surface area contributed by atoms with Crippen LogP contribution in [0.2, 0.25) is 0 Å². The van der Waals surface area contributed by atoms with Gasteiger partial charge in [-0.3, -0.25) is 9.78 Å². The van der Waals surface area contributed by atoms with Gasteiger partial charge in [0.2, 0.25) is 0 Å². The van der Waals surface area contributed by atoms with E-state index in [1.54, 1.807) is 48.8 Å². The number of nitrogens with zero attached hydrogens (tertiary/aromatic N) is 1. The van der Waals surface area contributed by atoms with Gasteiger partial charge in [0.1, 0.15) is 0 Å². The Morgan fingerprint density at radius 2 is 1.59 bits per heavy atom. The maximum absolute atomic E-state index is 12.7. The van der Waals surface area contributed by atoms with Crippen molar-refractivity contribution < 1.29 is 9.59 Å². The summed E-state index contributed by atoms with van der Waals surface area (Å²) in [4.78, 5) is 27.7. The summed E-state index contributed by atoms with van der Waals surface area (Å²) in [5.74, 6) is -0.260. The molecule has 0 saturated heterocycles. The Labute approximate surface area is 156 Å². The fourth-order valence-electron chi connectivity index (χ4n) is 2.55. The summed E-state index contributed by atoms with van der Waals surface area (Å²) in [5.41, 5.74) is 8.47. The van der Waals surface area contributed by atoms with Crippen LogP contribution in [0.5, 0.6) is 0 Å². The number of hydrogen-bond donors (Lipinski definition) is 4. The van der Waals surface area contributed by atoms with Crippen molar-refractivity contribution >= 4 is 29.0 Å². The molecule has 3 rings (SSSR count). The molecule has 0 atom stereocenters. The van der Waals surface area contributed by atoms with E-state index >= 15 is 0 Å². The van der Waals surface area contributed by atoms with Crippen LogP contribution < -0.4 is 21.7 Å². The molecule has 1 heterocycles. The van der Waals surface area contributed by atoms with Gasteiger partial charge in [0.15, 0.2) is 0 Å². The molecule has 0 aliphatic rings. The van der Waals surface area contributed by atoms with E-state index in [0.29, 0.717) is 23.5 Å². The lowest BCUT2D eigenvalue weighted by Crippen LogP contribution is -2.19. The molecule has 0 aliphatic carbocycles. The zero-order chi connectivity index (χ0) is 19.1. The van der Waals surface area contributed by atoms with Gasteiger partial charge in [-0.2, -0.15) is 0 Å². The van der Waals surface area contributed by atoms with Crippen LogP contribution in [0, 0.1) is 0 Å². The van der Waals surface area contributed by atoms with E-state index in [2.05, 4.69) is 20.9 Å². The van der Waals surface area contributed by atoms with Crippen molar-refractivity contribution in [3.63, 3.8) is 0 Å². The standard InChI is InChI=1S/C20H19N5O2/c21-20(27)25-16-5-3-4-15(12-16)24-19(26)17-6-1-2-7-18(17)23-13-14-8-10-22-11-9-14/h1-12,23H,13H2,(H,24,26)(H3,21,25,27). The highest BCUT2D eigenvalue weighted by Crippen LogP contribution is 2.20. The Morgan fingerprint density at radius 3 is 2.33 bits per heavy atom. The van der Waals surface area contributed by atoms with Gasteiger partial charge in [0, 0.05) is 36.0 Å². The van der Waals surface area contributed by atoms with E-state index in [0.717, 1.165) is 11.3 Å². The Morgan fingerprint density at radius 1 is 0.889 bits per heavy atom. The highest BCUT2D eigenvalue weighted by atomic mass is 16.2. The number of para-hydroxylation sites is 1. The zero-order valence-electron chi connectivity index (χ0n) is 14.5. The Kier molecular flexibility index (Phi) is 5.64. The molecule has 0 saturated carbocycles. The quantitative estimate of drug-likeness (QED) is 0.539. The largest absolute Gasteiger partial charge is 0.380 e. The first kappa shape index (κ1) is 17.9. The number of rotatable bonds is 6. The van der Waals surface area contributed by atoms with E-state index < -0.39 is 6.03 Å². The van der Waals surface area contributed by atoms with Gasteiger partial charge >= 0.3 is 6.03 Å². The highest BCUT2D eigenvalue weighted by molar-refractivity contribution is 6.08. The lowest BCUT2D eigenvalue weighted by atomic mass is 10.1. The van der Waals surface area contributed by atoms with Gasteiger partial charge in [-0.05, 0) is 48.0 Å². The number of primary amides is 1. The molecule has 0 spiro atoms. The van der Waals surface area contributed by atoms with Gasteiger partial charge < -0.3 is 21.7 Å². The Hall–Kier alpha value is -3.87. The third-order valence-corrected chi connectivity index (χ3v) is 3.79. The minimum atomic E-state index is -0.663. The van der Waals surface area contributed by atoms with Crippen LogP contribution in [0.25, 0.3) is 0 Å². The molecule has 0 fully saturated rings. The lowest BCUT2D eigenvalue weighted by Gasteiger charge is -2.13. The molecule has 136 valence electrons. The van der Waals surface area contributed by atoms with Crippen molar-refractivity contribution in [1.29, 1.82) is 0 Å². The fraction of sp³-hybridized carbons (Fsp3) is 0.0500. The number of carbonyl (C=O) groups is 2. The minimum Gasteiger partial charge on any atom is -0.380 e. The molecule has 0 radical (unpaired) electrons. The van der Waals surface area contributed by atoms with Gasteiger partial charge in [0.25, 0.3) is 5.91 Å². The fourth-order valence-corrected chi connectivity index (χ4v) is 2.55. The van der Waals surface area contributed by atoms with E-state index in [4.69, 9.17) is 5.73 Å². The summed E-state index contributed by atoms with van der Waals surface area (Å²) in [5, 5.41) is 8.58. The van der Waals surface area contributed by atoms with Crippen LogP contribution in [-0.2, 0) is 6.54 Å². The normalized spacial score (nSPS) is 10.1. The number of nitrogens with one attached hydrogen (secondary N) is 3. The highest BCUT2D eigenvalue weighted by Gasteiger charge is 2.11. The van der Waals surface area contributed by atoms with Crippen LogP contribution in [0.1, 0.15) is 15.9 Å². The predicted molar refractivity (Wildman–Crippen MR) is 106 cm³/mol. The van der Waals surface area contributed by atoms with Crippen LogP contribution in [-0.4, -0.2) is 16.9 Å². The number of pyridine rings is 1. The topological polar surface area (TPSA) is 109 Å². The number of anilines is 3. The maximum Gasteiger partial charge on any atom is 0.316 e. The summed E-state index contributed by atoms with van der Waals surface area (Å²) in [6.45, 7) is 0.574. The second-order valence-corrected chi connectivity index (χ2v) is 5.78. The molecule has 5 N–H and O–H groups in total. The van der Waals surface area contributed by atoms with E-state index in [-0.39, 0.29) is 5.91 Å². The van der Waals surface area contributed by atoms with Crippen LogP contribution in [0.15, 0.2) is 73.1 Å². The minimum absolute atomic E-state index is 0.260. The van der Waals surface area contributed by atoms with Crippen molar-refractivity contribution in [1.82, 2.24) is 4.98 Å². The average Bonchev–Trinajstić information content (AvgIpc) is 2.67. The second kappa shape index (κ2) is 8.48. The average molecular weight is 361 g/mol. The van der Waals surface area contributed by atoms with Gasteiger partial charge in [-0.1, -0.05) is 18.2 Å². The van der Waals surface area contributed by atoms with E-state index in [9.17, 15) is 9.59 Å².